The van der Waals surface area contributed by atoms with Crippen molar-refractivity contribution in [3.05, 3.63) is 42.5 Å². The predicted molar refractivity (Wildman–Crippen MR) is 108 cm³/mol. The van der Waals surface area contributed by atoms with Crippen LogP contribution in [-0.4, -0.2) is 33.2 Å². The van der Waals surface area contributed by atoms with E-state index in [9.17, 15) is 13.2 Å². The van der Waals surface area contributed by atoms with Crippen LogP contribution in [-0.2, 0) is 14.8 Å². The van der Waals surface area contributed by atoms with Crippen LogP contribution in [0.15, 0.2) is 52.3 Å². The number of nitrogens with zero attached hydrogens (tertiary/aromatic N) is 1. The lowest BCUT2D eigenvalue weighted by Crippen LogP contribution is -2.29. The van der Waals surface area contributed by atoms with E-state index in [2.05, 4.69) is 4.72 Å². The maximum Gasteiger partial charge on any atom is 0.261 e. The molecule has 0 spiro atoms. The summed E-state index contributed by atoms with van der Waals surface area (Å²) in [4.78, 5) is 14.7. The molecule has 1 N–H and O–H groups in total. The number of fused-ring (bicyclic) bond motifs is 1. The van der Waals surface area contributed by atoms with E-state index in [1.165, 1.54) is 6.92 Å². The Morgan fingerprint density at radius 2 is 1.96 bits per heavy atom. The third-order valence-corrected chi connectivity index (χ3v) is 6.64. The van der Waals surface area contributed by atoms with Gasteiger partial charge in [-0.25, -0.2) is 8.42 Å². The summed E-state index contributed by atoms with van der Waals surface area (Å²) in [5, 5.41) is 0. The zero-order valence-corrected chi connectivity index (χ0v) is 16.9. The van der Waals surface area contributed by atoms with E-state index in [0.717, 1.165) is 17.1 Å². The fourth-order valence-electron chi connectivity index (χ4n) is 2.85. The van der Waals surface area contributed by atoms with E-state index < -0.39 is 10.0 Å². The molecule has 1 aliphatic heterocycles. The molecule has 0 fully saturated rings. The highest BCUT2D eigenvalue weighted by Crippen LogP contribution is 2.36. The van der Waals surface area contributed by atoms with Gasteiger partial charge in [0, 0.05) is 24.1 Å². The van der Waals surface area contributed by atoms with Crippen LogP contribution in [0.5, 0.6) is 5.75 Å². The summed E-state index contributed by atoms with van der Waals surface area (Å²) in [6.07, 6.45) is 0.867. The molecule has 0 atom stereocenters. The van der Waals surface area contributed by atoms with Crippen LogP contribution < -0.4 is 14.4 Å². The molecule has 0 unspecified atom stereocenters. The van der Waals surface area contributed by atoms with Gasteiger partial charge in [-0.15, -0.1) is 11.8 Å². The molecule has 0 saturated heterocycles. The largest absolute Gasteiger partial charge is 0.494 e. The monoisotopic (exact) mass is 406 g/mol. The number of rotatable bonds is 5. The van der Waals surface area contributed by atoms with Crippen molar-refractivity contribution in [3.63, 3.8) is 0 Å². The van der Waals surface area contributed by atoms with Crippen molar-refractivity contribution in [2.75, 3.05) is 28.5 Å². The van der Waals surface area contributed by atoms with Crippen LogP contribution in [0.3, 0.4) is 0 Å². The van der Waals surface area contributed by atoms with Crippen LogP contribution >= 0.6 is 11.8 Å². The number of carbonyl (C=O) groups is 1. The zero-order valence-electron chi connectivity index (χ0n) is 15.3. The van der Waals surface area contributed by atoms with Crippen LogP contribution in [0, 0.1) is 0 Å². The topological polar surface area (TPSA) is 75.7 Å². The summed E-state index contributed by atoms with van der Waals surface area (Å²) in [7, 11) is -3.77. The first-order chi connectivity index (χ1) is 12.9. The predicted octanol–water partition coefficient (Wildman–Crippen LogP) is 3.73. The van der Waals surface area contributed by atoms with Gasteiger partial charge in [0.05, 0.1) is 17.2 Å². The van der Waals surface area contributed by atoms with Crippen LogP contribution in [0.4, 0.5) is 11.4 Å². The third-order valence-electron chi connectivity index (χ3n) is 4.11. The maximum absolute atomic E-state index is 12.8. The number of benzene rings is 2. The van der Waals surface area contributed by atoms with Gasteiger partial charge < -0.3 is 9.64 Å². The van der Waals surface area contributed by atoms with Crippen molar-refractivity contribution in [3.8, 4) is 5.75 Å². The number of sulfonamides is 1. The van der Waals surface area contributed by atoms with Crippen molar-refractivity contribution in [2.45, 2.75) is 30.1 Å². The van der Waals surface area contributed by atoms with Gasteiger partial charge in [0.25, 0.3) is 10.0 Å². The summed E-state index contributed by atoms with van der Waals surface area (Å²) in [5.74, 6) is 1.49. The lowest BCUT2D eigenvalue weighted by molar-refractivity contribution is -0.116. The van der Waals surface area contributed by atoms with Gasteiger partial charge >= 0.3 is 0 Å². The Bertz CT molecular complexity index is 927. The first kappa shape index (κ1) is 19.6. The van der Waals surface area contributed by atoms with Gasteiger partial charge in [-0.05, 0) is 61.6 Å². The first-order valence-electron chi connectivity index (χ1n) is 8.71. The van der Waals surface area contributed by atoms with Gasteiger partial charge in [-0.1, -0.05) is 0 Å². The van der Waals surface area contributed by atoms with E-state index in [1.54, 1.807) is 59.1 Å². The number of carbonyl (C=O) groups excluding carboxylic acids is 1. The highest BCUT2D eigenvalue weighted by Gasteiger charge is 2.23. The highest BCUT2D eigenvalue weighted by atomic mass is 32.2. The number of thioether (sulfide) groups is 1. The molecule has 0 radical (unpaired) electrons. The van der Waals surface area contributed by atoms with E-state index in [1.807, 2.05) is 6.92 Å². The molecule has 2 aromatic carbocycles. The van der Waals surface area contributed by atoms with Gasteiger partial charge in [0.2, 0.25) is 5.91 Å². The Labute approximate surface area is 164 Å². The standard InChI is InChI=1S/C19H22N2O4S2/c1-3-25-16-7-5-15(6-8-16)20-27(23,24)17-9-10-19-18(13-17)21(14(2)22)11-4-12-26-19/h5-10,13,20H,3-4,11-12H2,1-2H3. The number of nitrogens with one attached hydrogen (secondary N) is 1. The summed E-state index contributed by atoms with van der Waals surface area (Å²) >= 11 is 1.64. The SMILES string of the molecule is CCOc1ccc(NS(=O)(=O)c2ccc3c(c2)N(C(C)=O)CCCS3)cc1. The van der Waals surface area contributed by atoms with Crippen LogP contribution in [0.25, 0.3) is 0 Å². The molecule has 8 heteroatoms. The zero-order chi connectivity index (χ0) is 19.4. The Hall–Kier alpha value is -2.19. The lowest BCUT2D eigenvalue weighted by atomic mass is 10.2. The van der Waals surface area contributed by atoms with Gasteiger partial charge in [0.1, 0.15) is 5.75 Å². The quantitative estimate of drug-likeness (QED) is 0.819. The number of anilines is 2. The molecule has 1 aliphatic rings. The Balaban J connectivity index is 1.89. The number of amides is 1. The summed E-state index contributed by atoms with van der Waals surface area (Å²) in [6, 6.07) is 11.7. The Morgan fingerprint density at radius 3 is 2.63 bits per heavy atom. The van der Waals surface area contributed by atoms with Gasteiger partial charge in [-0.3, -0.25) is 9.52 Å². The van der Waals surface area contributed by atoms with Crippen molar-refractivity contribution < 1.29 is 17.9 Å². The molecule has 0 saturated carbocycles. The molecular formula is C19H22N2O4S2. The van der Waals surface area contributed by atoms with Crippen molar-refractivity contribution in [1.82, 2.24) is 0 Å². The molecule has 1 amide bonds. The molecule has 0 aliphatic carbocycles. The number of ether oxygens (including phenoxy) is 1. The molecule has 3 rings (SSSR count). The first-order valence-corrected chi connectivity index (χ1v) is 11.2. The van der Waals surface area contributed by atoms with Gasteiger partial charge in [0.15, 0.2) is 0 Å². The van der Waals surface area contributed by atoms with Crippen molar-refractivity contribution in [1.29, 1.82) is 0 Å². The second-order valence-corrected chi connectivity index (χ2v) is 8.88. The fraction of sp³-hybridized carbons (Fsp3) is 0.316. The maximum atomic E-state index is 12.8. The minimum Gasteiger partial charge on any atom is -0.494 e. The molecule has 1 heterocycles. The molecular weight excluding hydrogens is 384 g/mol. The molecule has 27 heavy (non-hydrogen) atoms. The van der Waals surface area contributed by atoms with Crippen LogP contribution in [0.2, 0.25) is 0 Å². The fourth-order valence-corrected chi connectivity index (χ4v) is 4.90. The lowest BCUT2D eigenvalue weighted by Gasteiger charge is -2.21. The minimum atomic E-state index is -3.77. The smallest absolute Gasteiger partial charge is 0.261 e. The number of hydrogen-bond acceptors (Lipinski definition) is 5. The van der Waals surface area contributed by atoms with E-state index >= 15 is 0 Å². The summed E-state index contributed by atoms with van der Waals surface area (Å²) in [5.41, 5.74) is 1.10. The number of hydrogen-bond donors (Lipinski definition) is 1. The molecule has 0 bridgehead atoms. The summed E-state index contributed by atoms with van der Waals surface area (Å²) in [6.45, 7) is 4.52. The van der Waals surface area contributed by atoms with E-state index in [-0.39, 0.29) is 10.8 Å². The summed E-state index contributed by atoms with van der Waals surface area (Å²) < 4.78 is 33.6. The van der Waals surface area contributed by atoms with Gasteiger partial charge in [-0.2, -0.15) is 0 Å². The normalized spacial score (nSPS) is 14.2. The second-order valence-electron chi connectivity index (χ2n) is 6.07. The van der Waals surface area contributed by atoms with E-state index in [0.29, 0.717) is 30.3 Å². The highest BCUT2D eigenvalue weighted by molar-refractivity contribution is 7.99. The van der Waals surface area contributed by atoms with E-state index in [4.69, 9.17) is 4.74 Å². The average Bonchev–Trinajstić information content (AvgIpc) is 2.85. The van der Waals surface area contributed by atoms with Crippen molar-refractivity contribution >= 4 is 39.1 Å². The molecule has 6 nitrogen and oxygen atoms in total. The van der Waals surface area contributed by atoms with Crippen LogP contribution in [0.1, 0.15) is 20.3 Å². The Kier molecular flexibility index (Phi) is 5.96. The third kappa shape index (κ3) is 4.56. The average molecular weight is 407 g/mol. The van der Waals surface area contributed by atoms with Crippen molar-refractivity contribution in [2.24, 2.45) is 0 Å². The molecule has 2 aromatic rings. The Morgan fingerprint density at radius 1 is 1.22 bits per heavy atom. The molecule has 144 valence electrons. The minimum absolute atomic E-state index is 0.0900. The molecule has 0 aromatic heterocycles. The second kappa shape index (κ2) is 8.22.